The number of amides is 1. The number of nitrogens with one attached hydrogen (secondary N) is 1. The molecule has 0 saturated heterocycles. The monoisotopic (exact) mass is 275 g/mol. The molecule has 0 bridgehead atoms. The maximum absolute atomic E-state index is 12.8. The van der Waals surface area contributed by atoms with Crippen LogP contribution in [0.1, 0.15) is 41.6 Å². The fourth-order valence-electron chi connectivity index (χ4n) is 2.00. The second kappa shape index (κ2) is 5.86. The first kappa shape index (κ1) is 14.2. The van der Waals surface area contributed by atoms with Crippen LogP contribution in [0.25, 0.3) is 0 Å². The Morgan fingerprint density at radius 1 is 1.35 bits per heavy atom. The van der Waals surface area contributed by atoms with Gasteiger partial charge in [0, 0.05) is 18.3 Å². The van der Waals surface area contributed by atoms with Crippen molar-refractivity contribution < 1.29 is 9.18 Å². The summed E-state index contributed by atoms with van der Waals surface area (Å²) >= 11 is 0. The normalized spacial score (nSPS) is 10.8. The summed E-state index contributed by atoms with van der Waals surface area (Å²) in [5.74, 6) is -0.511. The molecule has 0 aliphatic carbocycles. The van der Waals surface area contributed by atoms with Crippen LogP contribution in [0.2, 0.25) is 0 Å². The van der Waals surface area contributed by atoms with Crippen molar-refractivity contribution in [1.82, 2.24) is 15.1 Å². The lowest BCUT2D eigenvalue weighted by atomic mass is 10.2. The highest BCUT2D eigenvalue weighted by Crippen LogP contribution is 2.10. The van der Waals surface area contributed by atoms with E-state index in [9.17, 15) is 9.18 Å². The lowest BCUT2D eigenvalue weighted by molar-refractivity contribution is 0.0945. The zero-order valence-electron chi connectivity index (χ0n) is 11.9. The van der Waals surface area contributed by atoms with E-state index in [1.807, 2.05) is 25.5 Å². The fraction of sp³-hybridized carbons (Fsp3) is 0.333. The Morgan fingerprint density at radius 2 is 2.00 bits per heavy atom. The van der Waals surface area contributed by atoms with E-state index >= 15 is 0 Å². The topological polar surface area (TPSA) is 46.9 Å². The first-order valence-corrected chi connectivity index (χ1v) is 6.56. The van der Waals surface area contributed by atoms with Crippen LogP contribution in [-0.4, -0.2) is 15.7 Å². The quantitative estimate of drug-likeness (QED) is 0.932. The van der Waals surface area contributed by atoms with E-state index in [2.05, 4.69) is 10.4 Å². The molecule has 0 fully saturated rings. The first-order valence-electron chi connectivity index (χ1n) is 6.56. The van der Waals surface area contributed by atoms with Crippen molar-refractivity contribution in [3.63, 3.8) is 0 Å². The zero-order chi connectivity index (χ0) is 14.7. The van der Waals surface area contributed by atoms with Gasteiger partial charge in [0.2, 0.25) is 0 Å². The zero-order valence-corrected chi connectivity index (χ0v) is 11.9. The number of rotatable bonds is 4. The van der Waals surface area contributed by atoms with E-state index in [4.69, 9.17) is 0 Å². The minimum Gasteiger partial charge on any atom is -0.347 e. The Kier molecular flexibility index (Phi) is 4.17. The molecule has 0 atom stereocenters. The van der Waals surface area contributed by atoms with Crippen molar-refractivity contribution in [2.24, 2.45) is 0 Å². The molecule has 1 heterocycles. The molecule has 0 spiro atoms. The standard InChI is InChI=1S/C15H18FN3O/c1-10(2)19-11(3)8-14(18-19)15(20)17-9-12-4-6-13(16)7-5-12/h4-8,10H,9H2,1-3H3,(H,17,20). The van der Waals surface area contributed by atoms with Crippen LogP contribution in [0, 0.1) is 12.7 Å². The molecule has 20 heavy (non-hydrogen) atoms. The minimum absolute atomic E-state index is 0.216. The molecule has 1 aromatic carbocycles. The van der Waals surface area contributed by atoms with Gasteiger partial charge in [-0.05, 0) is 44.5 Å². The van der Waals surface area contributed by atoms with Gasteiger partial charge in [0.15, 0.2) is 0 Å². The van der Waals surface area contributed by atoms with Crippen molar-refractivity contribution in [3.8, 4) is 0 Å². The third-order valence-corrected chi connectivity index (χ3v) is 3.01. The van der Waals surface area contributed by atoms with E-state index in [0.717, 1.165) is 11.3 Å². The summed E-state index contributed by atoms with van der Waals surface area (Å²) in [6, 6.07) is 8.02. The molecule has 2 rings (SSSR count). The first-order chi connectivity index (χ1) is 9.47. The highest BCUT2D eigenvalue weighted by molar-refractivity contribution is 5.92. The number of carbonyl (C=O) groups excluding carboxylic acids is 1. The number of halogens is 1. The van der Waals surface area contributed by atoms with E-state index in [1.54, 1.807) is 18.2 Å². The second-order valence-electron chi connectivity index (χ2n) is 5.02. The van der Waals surface area contributed by atoms with Gasteiger partial charge in [-0.3, -0.25) is 9.48 Å². The third kappa shape index (κ3) is 3.23. The Balaban J connectivity index is 2.01. The van der Waals surface area contributed by atoms with Gasteiger partial charge in [0.05, 0.1) is 0 Å². The summed E-state index contributed by atoms with van der Waals surface area (Å²) in [4.78, 5) is 12.0. The van der Waals surface area contributed by atoms with Crippen LogP contribution >= 0.6 is 0 Å². The molecule has 0 aliphatic rings. The van der Waals surface area contributed by atoms with Gasteiger partial charge in [0.25, 0.3) is 5.91 Å². The largest absolute Gasteiger partial charge is 0.347 e. The van der Waals surface area contributed by atoms with Gasteiger partial charge in [-0.1, -0.05) is 12.1 Å². The van der Waals surface area contributed by atoms with Gasteiger partial charge in [-0.2, -0.15) is 5.10 Å². The number of hydrogen-bond acceptors (Lipinski definition) is 2. The molecule has 0 unspecified atom stereocenters. The van der Waals surface area contributed by atoms with Crippen LogP contribution < -0.4 is 5.32 Å². The molecular weight excluding hydrogens is 257 g/mol. The summed E-state index contributed by atoms with van der Waals surface area (Å²) in [6.45, 7) is 6.30. The Morgan fingerprint density at radius 3 is 2.55 bits per heavy atom. The molecule has 1 amide bonds. The van der Waals surface area contributed by atoms with Crippen molar-refractivity contribution in [2.75, 3.05) is 0 Å². The Bertz CT molecular complexity index is 602. The third-order valence-electron chi connectivity index (χ3n) is 3.01. The van der Waals surface area contributed by atoms with Crippen LogP contribution in [0.4, 0.5) is 4.39 Å². The highest BCUT2D eigenvalue weighted by atomic mass is 19.1. The van der Waals surface area contributed by atoms with Gasteiger partial charge in [-0.15, -0.1) is 0 Å². The predicted octanol–water partition coefficient (Wildman–Crippen LogP) is 2.84. The van der Waals surface area contributed by atoms with Crippen LogP contribution in [0.5, 0.6) is 0 Å². The number of benzene rings is 1. The SMILES string of the molecule is Cc1cc(C(=O)NCc2ccc(F)cc2)nn1C(C)C. The van der Waals surface area contributed by atoms with Gasteiger partial charge >= 0.3 is 0 Å². The van der Waals surface area contributed by atoms with Crippen LogP contribution in [0.3, 0.4) is 0 Å². The van der Waals surface area contributed by atoms with Crippen LogP contribution in [0.15, 0.2) is 30.3 Å². The second-order valence-corrected chi connectivity index (χ2v) is 5.02. The molecule has 1 N–H and O–H groups in total. The van der Waals surface area contributed by atoms with Crippen molar-refractivity contribution in [3.05, 3.63) is 53.1 Å². The summed E-state index contributed by atoms with van der Waals surface area (Å²) in [6.07, 6.45) is 0. The van der Waals surface area contributed by atoms with E-state index in [0.29, 0.717) is 12.2 Å². The number of aromatic nitrogens is 2. The maximum Gasteiger partial charge on any atom is 0.272 e. The lowest BCUT2D eigenvalue weighted by Gasteiger charge is -2.07. The van der Waals surface area contributed by atoms with E-state index in [1.165, 1.54) is 12.1 Å². The smallest absolute Gasteiger partial charge is 0.272 e. The molecule has 106 valence electrons. The highest BCUT2D eigenvalue weighted by Gasteiger charge is 2.13. The Labute approximate surface area is 117 Å². The summed E-state index contributed by atoms with van der Waals surface area (Å²) in [5, 5.41) is 7.06. The summed E-state index contributed by atoms with van der Waals surface area (Å²) in [7, 11) is 0. The Hall–Kier alpha value is -2.17. The van der Waals surface area contributed by atoms with Gasteiger partial charge < -0.3 is 5.32 Å². The molecule has 0 aliphatic heterocycles. The van der Waals surface area contributed by atoms with Gasteiger partial charge in [-0.25, -0.2) is 4.39 Å². The van der Waals surface area contributed by atoms with E-state index in [-0.39, 0.29) is 17.8 Å². The number of aryl methyl sites for hydroxylation is 1. The molecule has 5 heteroatoms. The molecule has 1 aromatic heterocycles. The molecule has 4 nitrogen and oxygen atoms in total. The lowest BCUT2D eigenvalue weighted by Crippen LogP contribution is -2.23. The van der Waals surface area contributed by atoms with Crippen molar-refractivity contribution >= 4 is 5.91 Å². The fourth-order valence-corrected chi connectivity index (χ4v) is 2.00. The number of hydrogen-bond donors (Lipinski definition) is 1. The summed E-state index contributed by atoms with van der Waals surface area (Å²) < 4.78 is 14.6. The average Bonchev–Trinajstić information content (AvgIpc) is 2.80. The van der Waals surface area contributed by atoms with E-state index < -0.39 is 0 Å². The van der Waals surface area contributed by atoms with Crippen molar-refractivity contribution in [2.45, 2.75) is 33.4 Å². The maximum atomic E-state index is 12.8. The molecule has 0 radical (unpaired) electrons. The van der Waals surface area contributed by atoms with Crippen LogP contribution in [-0.2, 0) is 6.54 Å². The molecule has 0 saturated carbocycles. The summed E-state index contributed by atoms with van der Waals surface area (Å²) in [5.41, 5.74) is 2.20. The number of nitrogens with zero attached hydrogens (tertiary/aromatic N) is 2. The van der Waals surface area contributed by atoms with Gasteiger partial charge in [0.1, 0.15) is 11.5 Å². The average molecular weight is 275 g/mol. The molecule has 2 aromatic rings. The number of carbonyl (C=O) groups is 1. The minimum atomic E-state index is -0.286. The molecular formula is C15H18FN3O. The predicted molar refractivity (Wildman–Crippen MR) is 74.9 cm³/mol. The van der Waals surface area contributed by atoms with Crippen molar-refractivity contribution in [1.29, 1.82) is 0 Å².